The number of hydrogen-bond donors (Lipinski definition) is 2. The highest BCUT2D eigenvalue weighted by Gasteiger charge is 2.07. The van der Waals surface area contributed by atoms with Crippen LogP contribution in [0.15, 0.2) is 18.2 Å². The Morgan fingerprint density at radius 2 is 1.92 bits per heavy atom. The largest absolute Gasteiger partial charge is 0.493 e. The minimum Gasteiger partial charge on any atom is -0.493 e. The lowest BCUT2D eigenvalue weighted by atomic mass is 10.2. The molecule has 0 fully saturated rings. The van der Waals surface area contributed by atoms with E-state index in [1.54, 1.807) is 7.11 Å². The van der Waals surface area contributed by atoms with E-state index in [0.717, 1.165) is 37.0 Å². The minimum absolute atomic E-state index is 0.0494. The Labute approximate surface area is 150 Å². The number of thiocarbonyl (C=S) groups is 1. The zero-order chi connectivity index (χ0) is 17.8. The minimum atomic E-state index is -0.0494. The lowest BCUT2D eigenvalue weighted by Gasteiger charge is -2.13. The van der Waals surface area contributed by atoms with Crippen LogP contribution in [0.3, 0.4) is 0 Å². The van der Waals surface area contributed by atoms with Gasteiger partial charge in [-0.1, -0.05) is 32.8 Å². The number of unbranched alkanes of at least 4 members (excludes halogenated alkanes) is 2. The highest BCUT2D eigenvalue weighted by molar-refractivity contribution is 7.80. The molecular weight excluding hydrogens is 324 g/mol. The van der Waals surface area contributed by atoms with Gasteiger partial charge in [-0.3, -0.25) is 4.79 Å². The lowest BCUT2D eigenvalue weighted by Crippen LogP contribution is -2.38. The van der Waals surface area contributed by atoms with Crippen molar-refractivity contribution in [1.29, 1.82) is 0 Å². The number of benzene rings is 1. The summed E-state index contributed by atoms with van der Waals surface area (Å²) in [7, 11) is 1.62. The standard InChI is InChI=1S/C18H28N2O3S/c1-4-6-8-17(21)20-18(24)19-13-14-9-10-15(16(12-14)22-3)23-11-7-5-2/h9-10,12H,4-8,11,13H2,1-3H3,(H2,19,20,21,24). The first-order valence-corrected chi connectivity index (χ1v) is 8.88. The number of amides is 1. The van der Waals surface area contributed by atoms with Crippen molar-refractivity contribution in [1.82, 2.24) is 10.6 Å². The summed E-state index contributed by atoms with van der Waals surface area (Å²) in [5.74, 6) is 1.39. The van der Waals surface area contributed by atoms with Crippen molar-refractivity contribution >= 4 is 23.2 Å². The van der Waals surface area contributed by atoms with Crippen molar-refractivity contribution in [2.75, 3.05) is 13.7 Å². The second-order valence-electron chi connectivity index (χ2n) is 5.52. The van der Waals surface area contributed by atoms with Crippen LogP contribution in [-0.2, 0) is 11.3 Å². The molecule has 0 unspecified atom stereocenters. The van der Waals surface area contributed by atoms with Gasteiger partial charge in [0.1, 0.15) is 0 Å². The number of carbonyl (C=O) groups is 1. The van der Waals surface area contributed by atoms with Crippen molar-refractivity contribution in [3.63, 3.8) is 0 Å². The number of rotatable bonds is 10. The predicted molar refractivity (Wildman–Crippen MR) is 101 cm³/mol. The SMILES string of the molecule is CCCCOc1ccc(CNC(=S)NC(=O)CCCC)cc1OC. The van der Waals surface area contributed by atoms with Crippen LogP contribution in [0, 0.1) is 0 Å². The topological polar surface area (TPSA) is 59.6 Å². The van der Waals surface area contributed by atoms with Crippen molar-refractivity contribution in [3.8, 4) is 11.5 Å². The summed E-state index contributed by atoms with van der Waals surface area (Å²) in [5, 5.41) is 6.06. The van der Waals surface area contributed by atoms with Crippen LogP contribution >= 0.6 is 12.2 Å². The van der Waals surface area contributed by atoms with Gasteiger partial charge >= 0.3 is 0 Å². The Morgan fingerprint density at radius 3 is 2.58 bits per heavy atom. The fourth-order valence-corrected chi connectivity index (χ4v) is 2.21. The highest BCUT2D eigenvalue weighted by Crippen LogP contribution is 2.28. The van der Waals surface area contributed by atoms with E-state index >= 15 is 0 Å². The summed E-state index contributed by atoms with van der Waals surface area (Å²) in [6, 6.07) is 5.77. The maximum Gasteiger partial charge on any atom is 0.226 e. The number of hydrogen-bond acceptors (Lipinski definition) is 4. The highest BCUT2D eigenvalue weighted by atomic mass is 32.1. The molecule has 0 bridgehead atoms. The van der Waals surface area contributed by atoms with E-state index < -0.39 is 0 Å². The zero-order valence-electron chi connectivity index (χ0n) is 14.8. The molecule has 6 heteroatoms. The van der Waals surface area contributed by atoms with E-state index in [1.807, 2.05) is 25.1 Å². The zero-order valence-corrected chi connectivity index (χ0v) is 15.6. The second-order valence-corrected chi connectivity index (χ2v) is 5.93. The van der Waals surface area contributed by atoms with Crippen LogP contribution in [-0.4, -0.2) is 24.7 Å². The van der Waals surface area contributed by atoms with Gasteiger partial charge in [-0.25, -0.2) is 0 Å². The van der Waals surface area contributed by atoms with E-state index in [2.05, 4.69) is 17.6 Å². The van der Waals surface area contributed by atoms with Gasteiger partial charge in [0.15, 0.2) is 16.6 Å². The van der Waals surface area contributed by atoms with Crippen LogP contribution in [0.25, 0.3) is 0 Å². The first kappa shape index (κ1) is 20.2. The quantitative estimate of drug-likeness (QED) is 0.498. The Balaban J connectivity index is 2.50. The Kier molecular flexibility index (Phi) is 9.84. The fraction of sp³-hybridized carbons (Fsp3) is 0.556. The maximum atomic E-state index is 11.6. The van der Waals surface area contributed by atoms with E-state index in [9.17, 15) is 4.79 Å². The van der Waals surface area contributed by atoms with E-state index in [-0.39, 0.29) is 5.91 Å². The van der Waals surface area contributed by atoms with Gasteiger partial charge in [-0.2, -0.15) is 0 Å². The predicted octanol–water partition coefficient (Wildman–Crippen LogP) is 3.56. The fourth-order valence-electron chi connectivity index (χ4n) is 2.02. The third-order valence-corrected chi connectivity index (χ3v) is 3.69. The smallest absolute Gasteiger partial charge is 0.226 e. The Bertz CT molecular complexity index is 535. The molecule has 0 aliphatic carbocycles. The van der Waals surface area contributed by atoms with Gasteiger partial charge in [-0.05, 0) is 42.8 Å². The maximum absolute atomic E-state index is 11.6. The van der Waals surface area contributed by atoms with E-state index in [1.165, 1.54) is 0 Å². The third kappa shape index (κ3) is 7.64. The summed E-state index contributed by atoms with van der Waals surface area (Å²) in [5.41, 5.74) is 1.000. The van der Waals surface area contributed by atoms with Gasteiger partial charge in [0, 0.05) is 13.0 Å². The summed E-state index contributed by atoms with van der Waals surface area (Å²) in [6.07, 6.45) is 4.45. The molecular formula is C18H28N2O3S. The molecule has 2 N–H and O–H groups in total. The molecule has 0 aliphatic heterocycles. The summed E-state index contributed by atoms with van der Waals surface area (Å²) < 4.78 is 11.1. The average molecular weight is 353 g/mol. The second kappa shape index (κ2) is 11.7. The molecule has 0 saturated heterocycles. The van der Waals surface area contributed by atoms with E-state index in [0.29, 0.717) is 30.4 Å². The average Bonchev–Trinajstić information content (AvgIpc) is 2.59. The van der Waals surface area contributed by atoms with Gasteiger partial charge in [-0.15, -0.1) is 0 Å². The van der Waals surface area contributed by atoms with E-state index in [4.69, 9.17) is 21.7 Å². The molecule has 5 nitrogen and oxygen atoms in total. The molecule has 0 radical (unpaired) electrons. The molecule has 24 heavy (non-hydrogen) atoms. The van der Waals surface area contributed by atoms with Gasteiger partial charge < -0.3 is 20.1 Å². The number of nitrogens with one attached hydrogen (secondary N) is 2. The van der Waals surface area contributed by atoms with Crippen molar-refractivity contribution in [3.05, 3.63) is 23.8 Å². The first-order chi connectivity index (χ1) is 11.6. The monoisotopic (exact) mass is 352 g/mol. The first-order valence-electron chi connectivity index (χ1n) is 8.48. The summed E-state index contributed by atoms with van der Waals surface area (Å²) in [4.78, 5) is 11.6. The van der Waals surface area contributed by atoms with Gasteiger partial charge in [0.05, 0.1) is 13.7 Å². The Morgan fingerprint density at radius 1 is 1.17 bits per heavy atom. The molecule has 1 amide bonds. The Hall–Kier alpha value is -1.82. The van der Waals surface area contributed by atoms with Crippen LogP contribution in [0.2, 0.25) is 0 Å². The molecule has 1 aromatic carbocycles. The molecule has 0 atom stereocenters. The molecule has 0 saturated carbocycles. The number of carbonyl (C=O) groups excluding carboxylic acids is 1. The molecule has 1 rings (SSSR count). The van der Waals surface area contributed by atoms with Gasteiger partial charge in [0.2, 0.25) is 5.91 Å². The lowest BCUT2D eigenvalue weighted by molar-refractivity contribution is -0.119. The normalized spacial score (nSPS) is 10.1. The number of methoxy groups -OCH3 is 1. The molecule has 0 aliphatic rings. The van der Waals surface area contributed by atoms with Crippen molar-refractivity contribution < 1.29 is 14.3 Å². The van der Waals surface area contributed by atoms with Crippen LogP contribution in [0.1, 0.15) is 51.5 Å². The van der Waals surface area contributed by atoms with Crippen molar-refractivity contribution in [2.45, 2.75) is 52.5 Å². The van der Waals surface area contributed by atoms with Crippen LogP contribution in [0.4, 0.5) is 0 Å². The van der Waals surface area contributed by atoms with Crippen LogP contribution < -0.4 is 20.1 Å². The number of ether oxygens (including phenoxy) is 2. The molecule has 0 aromatic heterocycles. The molecule has 1 aromatic rings. The summed E-state index contributed by atoms with van der Waals surface area (Å²) >= 11 is 5.14. The summed E-state index contributed by atoms with van der Waals surface area (Å²) in [6.45, 7) is 5.36. The van der Waals surface area contributed by atoms with Crippen molar-refractivity contribution in [2.24, 2.45) is 0 Å². The van der Waals surface area contributed by atoms with Gasteiger partial charge in [0.25, 0.3) is 0 Å². The van der Waals surface area contributed by atoms with Crippen LogP contribution in [0.5, 0.6) is 11.5 Å². The molecule has 134 valence electrons. The molecule has 0 heterocycles. The molecule has 0 spiro atoms. The third-order valence-electron chi connectivity index (χ3n) is 3.45.